The molecular weight excluding hydrogens is 366 g/mol. The summed E-state index contributed by atoms with van der Waals surface area (Å²) in [6.45, 7) is 1.82. The summed E-state index contributed by atoms with van der Waals surface area (Å²) in [4.78, 5) is 27.8. The van der Waals surface area contributed by atoms with Crippen molar-refractivity contribution in [2.75, 3.05) is 32.6 Å². The fraction of sp³-hybridized carbons (Fsp3) is 0.300. The summed E-state index contributed by atoms with van der Waals surface area (Å²) in [6.07, 6.45) is 0.440. The lowest BCUT2D eigenvalue weighted by atomic mass is 10.1. The maximum absolute atomic E-state index is 13.0. The van der Waals surface area contributed by atoms with E-state index >= 15 is 0 Å². The topological polar surface area (TPSA) is 72.9 Å². The predicted molar refractivity (Wildman–Crippen MR) is 101 cm³/mol. The molecule has 1 saturated heterocycles. The molecule has 1 aliphatic heterocycles. The largest absolute Gasteiger partial charge is 0.444 e. The lowest BCUT2D eigenvalue weighted by Gasteiger charge is -2.30. The summed E-state index contributed by atoms with van der Waals surface area (Å²) >= 11 is 0. The van der Waals surface area contributed by atoms with Crippen molar-refractivity contribution in [3.63, 3.8) is 0 Å². The number of morpholine rings is 1. The Kier molecular flexibility index (Phi) is 6.36. The average molecular weight is 387 g/mol. The Morgan fingerprint density at radius 1 is 1.04 bits per heavy atom. The zero-order valence-corrected chi connectivity index (χ0v) is 15.8. The number of hydrogen-bond acceptors (Lipinski definition) is 5. The molecule has 0 aromatic heterocycles. The second-order valence-electron chi connectivity index (χ2n) is 6.08. The number of ether oxygens (including phenoxy) is 2. The molecule has 27 heavy (non-hydrogen) atoms. The molecule has 0 spiro atoms. The van der Waals surface area contributed by atoms with Crippen molar-refractivity contribution in [2.45, 2.75) is 11.0 Å². The molecule has 0 radical (unpaired) electrons. The summed E-state index contributed by atoms with van der Waals surface area (Å²) in [5.74, 6) is -0.954. The summed E-state index contributed by atoms with van der Waals surface area (Å²) < 4.78 is 22.8. The number of hydrogen-bond donors (Lipinski definition) is 0. The minimum Gasteiger partial charge on any atom is -0.444 e. The van der Waals surface area contributed by atoms with Gasteiger partial charge in [-0.3, -0.25) is 9.00 Å². The van der Waals surface area contributed by atoms with Crippen LogP contribution in [-0.2, 0) is 25.1 Å². The Morgan fingerprint density at radius 2 is 1.67 bits per heavy atom. The highest BCUT2D eigenvalue weighted by Gasteiger charge is 2.31. The van der Waals surface area contributed by atoms with E-state index in [0.29, 0.717) is 36.8 Å². The molecule has 0 unspecified atom stereocenters. The van der Waals surface area contributed by atoms with Crippen LogP contribution in [0.3, 0.4) is 0 Å². The summed E-state index contributed by atoms with van der Waals surface area (Å²) in [5.41, 5.74) is 0.798. The number of carbonyl (C=O) groups excluding carboxylic acids is 2. The average Bonchev–Trinajstić information content (AvgIpc) is 2.72. The van der Waals surface area contributed by atoms with Gasteiger partial charge in [0.2, 0.25) is 6.10 Å². The van der Waals surface area contributed by atoms with Gasteiger partial charge in [0.15, 0.2) is 0 Å². The van der Waals surface area contributed by atoms with Crippen molar-refractivity contribution in [3.05, 3.63) is 65.7 Å². The van der Waals surface area contributed by atoms with Crippen LogP contribution in [0.5, 0.6) is 0 Å². The van der Waals surface area contributed by atoms with E-state index in [-0.39, 0.29) is 11.5 Å². The first-order valence-corrected chi connectivity index (χ1v) is 10.2. The summed E-state index contributed by atoms with van der Waals surface area (Å²) in [7, 11) is -1.35. The molecule has 6 nitrogen and oxygen atoms in total. The van der Waals surface area contributed by atoms with Crippen molar-refractivity contribution in [2.24, 2.45) is 0 Å². The van der Waals surface area contributed by atoms with Gasteiger partial charge in [-0.25, -0.2) is 4.79 Å². The van der Waals surface area contributed by atoms with E-state index in [1.54, 1.807) is 53.4 Å². The molecule has 0 saturated carbocycles. The Hall–Kier alpha value is -2.51. The molecule has 2 atom stereocenters. The van der Waals surface area contributed by atoms with E-state index in [1.165, 1.54) is 6.26 Å². The molecule has 3 rings (SSSR count). The highest BCUT2D eigenvalue weighted by molar-refractivity contribution is 7.84. The van der Waals surface area contributed by atoms with Gasteiger partial charge >= 0.3 is 5.97 Å². The molecule has 7 heteroatoms. The van der Waals surface area contributed by atoms with Gasteiger partial charge in [-0.1, -0.05) is 42.5 Å². The molecule has 0 bridgehead atoms. The molecule has 1 amide bonds. The van der Waals surface area contributed by atoms with Crippen LogP contribution in [0.15, 0.2) is 59.5 Å². The van der Waals surface area contributed by atoms with Crippen molar-refractivity contribution in [1.82, 2.24) is 4.90 Å². The molecule has 142 valence electrons. The lowest BCUT2D eigenvalue weighted by molar-refractivity contribution is -0.145. The van der Waals surface area contributed by atoms with E-state index in [1.807, 2.05) is 6.07 Å². The van der Waals surface area contributed by atoms with Gasteiger partial charge in [0.05, 0.1) is 34.5 Å². The van der Waals surface area contributed by atoms with Crippen LogP contribution in [0.4, 0.5) is 0 Å². The second kappa shape index (κ2) is 8.92. The smallest absolute Gasteiger partial charge is 0.340 e. The summed E-state index contributed by atoms with van der Waals surface area (Å²) in [6, 6.07) is 15.5. The van der Waals surface area contributed by atoms with E-state index in [9.17, 15) is 13.8 Å². The minimum atomic E-state index is -1.35. The molecule has 2 aromatic rings. The number of amides is 1. The molecule has 0 aliphatic carbocycles. The Balaban J connectivity index is 1.89. The van der Waals surface area contributed by atoms with Gasteiger partial charge in [-0.15, -0.1) is 0 Å². The molecule has 0 N–H and O–H groups in total. The third-order valence-corrected chi connectivity index (χ3v) is 5.27. The fourth-order valence-electron chi connectivity index (χ4n) is 2.89. The number of rotatable bonds is 5. The van der Waals surface area contributed by atoms with E-state index in [2.05, 4.69) is 0 Å². The van der Waals surface area contributed by atoms with Gasteiger partial charge in [0, 0.05) is 24.9 Å². The normalized spacial score (nSPS) is 16.4. The Morgan fingerprint density at radius 3 is 2.33 bits per heavy atom. The zero-order valence-electron chi connectivity index (χ0n) is 15.0. The number of carbonyl (C=O) groups is 2. The van der Waals surface area contributed by atoms with E-state index < -0.39 is 22.9 Å². The third kappa shape index (κ3) is 4.61. The highest BCUT2D eigenvalue weighted by Crippen LogP contribution is 2.24. The minimum absolute atomic E-state index is 0.203. The van der Waals surface area contributed by atoms with Crippen molar-refractivity contribution >= 4 is 22.7 Å². The van der Waals surface area contributed by atoms with Crippen molar-refractivity contribution in [3.8, 4) is 0 Å². The number of nitrogens with zero attached hydrogens (tertiary/aromatic N) is 1. The second-order valence-corrected chi connectivity index (χ2v) is 7.43. The Bertz CT molecular complexity index is 833. The number of esters is 1. The van der Waals surface area contributed by atoms with Crippen LogP contribution in [0.1, 0.15) is 22.0 Å². The lowest BCUT2D eigenvalue weighted by Crippen LogP contribution is -2.44. The maximum Gasteiger partial charge on any atom is 0.340 e. The first-order chi connectivity index (χ1) is 13.1. The quantitative estimate of drug-likeness (QED) is 0.736. The molecule has 1 aliphatic rings. The van der Waals surface area contributed by atoms with Crippen LogP contribution in [0, 0.1) is 0 Å². The summed E-state index contributed by atoms with van der Waals surface area (Å²) in [5, 5.41) is 0. The predicted octanol–water partition coefficient (Wildman–Crippen LogP) is 2.18. The number of benzene rings is 2. The van der Waals surface area contributed by atoms with Crippen LogP contribution < -0.4 is 0 Å². The third-order valence-electron chi connectivity index (χ3n) is 4.29. The molecule has 2 aromatic carbocycles. The van der Waals surface area contributed by atoms with E-state index in [4.69, 9.17) is 9.47 Å². The molecule has 1 heterocycles. The zero-order chi connectivity index (χ0) is 19.2. The first kappa shape index (κ1) is 19.3. The van der Waals surface area contributed by atoms with Gasteiger partial charge in [0.25, 0.3) is 5.91 Å². The van der Waals surface area contributed by atoms with Gasteiger partial charge in [0.1, 0.15) is 0 Å². The molecule has 1 fully saturated rings. The first-order valence-electron chi connectivity index (χ1n) is 8.63. The molecular formula is C20H21NO5S. The van der Waals surface area contributed by atoms with Crippen LogP contribution in [0.2, 0.25) is 0 Å². The SMILES string of the molecule is C[S@@](=O)c1ccccc1C(=O)O[C@H](C(=O)N1CCOCC1)c1ccccc1. The monoisotopic (exact) mass is 387 g/mol. The standard InChI is InChI=1S/C20H21NO5S/c1-27(24)17-10-6-5-9-16(17)20(23)26-18(15-7-3-2-4-8-15)19(22)21-11-13-25-14-12-21/h2-10,18H,11-14H2,1H3/t18-,27+/m0/s1. The van der Waals surface area contributed by atoms with Crippen LogP contribution in [0.25, 0.3) is 0 Å². The maximum atomic E-state index is 13.0. The highest BCUT2D eigenvalue weighted by atomic mass is 32.2. The van der Waals surface area contributed by atoms with Gasteiger partial charge < -0.3 is 14.4 Å². The van der Waals surface area contributed by atoms with Gasteiger partial charge in [-0.2, -0.15) is 0 Å². The van der Waals surface area contributed by atoms with Crippen molar-refractivity contribution in [1.29, 1.82) is 0 Å². The fourth-order valence-corrected chi connectivity index (χ4v) is 3.63. The van der Waals surface area contributed by atoms with Crippen LogP contribution in [-0.4, -0.2) is 53.5 Å². The van der Waals surface area contributed by atoms with Crippen LogP contribution >= 0.6 is 0 Å². The van der Waals surface area contributed by atoms with Gasteiger partial charge in [-0.05, 0) is 12.1 Å². The Labute approximate surface area is 160 Å². The van der Waals surface area contributed by atoms with Crippen molar-refractivity contribution < 1.29 is 23.3 Å². The van der Waals surface area contributed by atoms with E-state index in [0.717, 1.165) is 0 Å².